The van der Waals surface area contributed by atoms with E-state index in [0.29, 0.717) is 18.5 Å². The number of phenolic OH excluding ortho intramolecular Hbond substituents is 1. The van der Waals surface area contributed by atoms with Crippen molar-refractivity contribution in [3.05, 3.63) is 23.2 Å². The Bertz CT molecular complexity index is 519. The highest BCUT2D eigenvalue weighted by atomic mass is 35.5. The summed E-state index contributed by atoms with van der Waals surface area (Å²) in [6.07, 6.45) is -1.05. The van der Waals surface area contributed by atoms with Crippen LogP contribution in [0.2, 0.25) is 5.02 Å². The molecule has 0 bridgehead atoms. The van der Waals surface area contributed by atoms with Crippen LogP contribution in [-0.4, -0.2) is 34.3 Å². The fraction of sp³-hybridized carbons (Fsp3) is 0.333. The average Bonchev–Trinajstić information content (AvgIpc) is 2.83. The third kappa shape index (κ3) is 3.15. The topological polar surface area (TPSA) is 95.9 Å². The van der Waals surface area contributed by atoms with E-state index in [9.17, 15) is 14.7 Å². The second-order valence-corrected chi connectivity index (χ2v) is 4.59. The number of amides is 1. The van der Waals surface area contributed by atoms with E-state index in [1.165, 1.54) is 18.2 Å². The molecule has 1 aromatic carbocycles. The van der Waals surface area contributed by atoms with Crippen LogP contribution in [0.4, 0.5) is 5.69 Å². The Morgan fingerprint density at radius 2 is 2.00 bits per heavy atom. The van der Waals surface area contributed by atoms with Crippen molar-refractivity contribution in [1.29, 1.82) is 0 Å². The van der Waals surface area contributed by atoms with Crippen LogP contribution in [0.1, 0.15) is 12.8 Å². The van der Waals surface area contributed by atoms with Crippen molar-refractivity contribution in [1.82, 2.24) is 0 Å². The lowest BCUT2D eigenvalue weighted by Crippen LogP contribution is -2.29. The number of nitrogens with one attached hydrogen (secondary N) is 1. The fourth-order valence-electron chi connectivity index (χ4n) is 1.82. The first-order valence-electron chi connectivity index (χ1n) is 5.65. The van der Waals surface area contributed by atoms with Crippen molar-refractivity contribution in [2.75, 3.05) is 5.32 Å². The van der Waals surface area contributed by atoms with E-state index < -0.39 is 24.1 Å². The Kier molecular flexibility index (Phi) is 3.92. The number of phenols is 1. The van der Waals surface area contributed by atoms with Crippen LogP contribution in [0.25, 0.3) is 0 Å². The van der Waals surface area contributed by atoms with Crippen LogP contribution in [0, 0.1) is 0 Å². The van der Waals surface area contributed by atoms with Gasteiger partial charge in [-0.2, -0.15) is 0 Å². The minimum absolute atomic E-state index is 0.0808. The van der Waals surface area contributed by atoms with Gasteiger partial charge in [-0.05, 0) is 31.0 Å². The molecule has 19 heavy (non-hydrogen) atoms. The van der Waals surface area contributed by atoms with Crippen LogP contribution in [0.15, 0.2) is 18.2 Å². The third-order valence-corrected chi connectivity index (χ3v) is 3.11. The lowest BCUT2D eigenvalue weighted by molar-refractivity contribution is -0.150. The molecule has 1 heterocycles. The number of rotatable bonds is 3. The van der Waals surface area contributed by atoms with E-state index in [0.717, 1.165) is 0 Å². The minimum Gasteiger partial charge on any atom is -0.506 e. The second-order valence-electron chi connectivity index (χ2n) is 4.18. The first kappa shape index (κ1) is 13.6. The van der Waals surface area contributed by atoms with Crippen molar-refractivity contribution in [2.45, 2.75) is 25.0 Å². The van der Waals surface area contributed by atoms with E-state index >= 15 is 0 Å². The molecule has 3 N–H and O–H groups in total. The van der Waals surface area contributed by atoms with E-state index in [1.807, 2.05) is 0 Å². The number of anilines is 1. The fourth-order valence-corrected chi connectivity index (χ4v) is 2.00. The van der Waals surface area contributed by atoms with E-state index in [1.54, 1.807) is 0 Å². The van der Waals surface area contributed by atoms with Crippen LogP contribution in [0.3, 0.4) is 0 Å². The summed E-state index contributed by atoms with van der Waals surface area (Å²) in [6.45, 7) is 0. The molecule has 1 saturated heterocycles. The minimum atomic E-state index is -1.07. The van der Waals surface area contributed by atoms with Crippen molar-refractivity contribution >= 4 is 29.2 Å². The quantitative estimate of drug-likeness (QED) is 0.733. The largest absolute Gasteiger partial charge is 0.506 e. The normalized spacial score (nSPS) is 22.2. The van der Waals surface area contributed by atoms with Gasteiger partial charge >= 0.3 is 5.97 Å². The number of carbonyl (C=O) groups is 2. The van der Waals surface area contributed by atoms with Gasteiger partial charge in [-0.15, -0.1) is 0 Å². The molecule has 1 aliphatic rings. The van der Waals surface area contributed by atoms with Gasteiger partial charge in [0.2, 0.25) is 0 Å². The predicted molar refractivity (Wildman–Crippen MR) is 67.3 cm³/mol. The zero-order valence-corrected chi connectivity index (χ0v) is 10.6. The summed E-state index contributed by atoms with van der Waals surface area (Å²) in [6, 6.07) is 4.24. The maximum absolute atomic E-state index is 11.8. The molecule has 0 unspecified atom stereocenters. The number of carboxylic acids is 1. The molecule has 0 spiro atoms. The third-order valence-electron chi connectivity index (χ3n) is 2.80. The van der Waals surface area contributed by atoms with Crippen molar-refractivity contribution in [3.63, 3.8) is 0 Å². The summed E-state index contributed by atoms with van der Waals surface area (Å²) < 4.78 is 5.12. The molecule has 0 aromatic heterocycles. The lowest BCUT2D eigenvalue weighted by Gasteiger charge is -2.12. The van der Waals surface area contributed by atoms with Gasteiger partial charge in [0.15, 0.2) is 6.10 Å². The van der Waals surface area contributed by atoms with Gasteiger partial charge in [0.1, 0.15) is 11.9 Å². The van der Waals surface area contributed by atoms with Crippen molar-refractivity contribution in [2.24, 2.45) is 0 Å². The highest BCUT2D eigenvalue weighted by Crippen LogP contribution is 2.27. The molecule has 2 atom stereocenters. The van der Waals surface area contributed by atoms with Crippen LogP contribution in [-0.2, 0) is 14.3 Å². The van der Waals surface area contributed by atoms with Crippen LogP contribution >= 0.6 is 11.6 Å². The Labute approximate surface area is 113 Å². The number of carbonyl (C=O) groups excluding carboxylic acids is 1. The van der Waals surface area contributed by atoms with Gasteiger partial charge in [-0.3, -0.25) is 4.79 Å². The zero-order valence-electron chi connectivity index (χ0n) is 9.80. The first-order valence-corrected chi connectivity index (χ1v) is 6.03. The number of carboxylic acid groups (broad SMARTS) is 1. The Balaban J connectivity index is 1.98. The summed E-state index contributed by atoms with van der Waals surface area (Å²) in [5, 5.41) is 20.7. The summed E-state index contributed by atoms with van der Waals surface area (Å²) in [5.41, 5.74) is 0.412. The van der Waals surface area contributed by atoms with Gasteiger partial charge in [-0.1, -0.05) is 11.6 Å². The molecule has 1 amide bonds. The van der Waals surface area contributed by atoms with Crippen LogP contribution in [0.5, 0.6) is 5.75 Å². The Morgan fingerprint density at radius 3 is 2.58 bits per heavy atom. The van der Waals surface area contributed by atoms with Gasteiger partial charge in [0.05, 0.1) is 5.02 Å². The number of aromatic hydroxyl groups is 1. The SMILES string of the molecule is O=C(Nc1ccc(O)c(Cl)c1)[C@@H]1CC[C@H](C(=O)O)O1. The van der Waals surface area contributed by atoms with E-state index in [4.69, 9.17) is 21.4 Å². The van der Waals surface area contributed by atoms with Gasteiger partial charge in [-0.25, -0.2) is 4.79 Å². The number of halogens is 1. The number of aliphatic carboxylic acids is 1. The number of ether oxygens (including phenoxy) is 1. The number of benzene rings is 1. The van der Waals surface area contributed by atoms with Crippen LogP contribution < -0.4 is 5.32 Å². The Morgan fingerprint density at radius 1 is 1.32 bits per heavy atom. The number of hydrogen-bond acceptors (Lipinski definition) is 4. The molecule has 6 nitrogen and oxygen atoms in total. The molecule has 102 valence electrons. The van der Waals surface area contributed by atoms with E-state index in [-0.39, 0.29) is 10.8 Å². The monoisotopic (exact) mass is 285 g/mol. The molecule has 7 heteroatoms. The average molecular weight is 286 g/mol. The van der Waals surface area contributed by atoms with Gasteiger partial charge in [0.25, 0.3) is 5.91 Å². The molecule has 2 rings (SSSR count). The summed E-state index contributed by atoms with van der Waals surface area (Å²) in [5.74, 6) is -1.57. The van der Waals surface area contributed by atoms with Gasteiger partial charge in [0, 0.05) is 5.69 Å². The molecule has 1 fully saturated rings. The summed E-state index contributed by atoms with van der Waals surface area (Å²) in [7, 11) is 0. The lowest BCUT2D eigenvalue weighted by atomic mass is 10.2. The van der Waals surface area contributed by atoms with Crippen molar-refractivity contribution < 1.29 is 24.5 Å². The predicted octanol–water partition coefficient (Wildman–Crippen LogP) is 1.62. The maximum atomic E-state index is 11.8. The molecule has 0 aliphatic carbocycles. The highest BCUT2D eigenvalue weighted by Gasteiger charge is 2.34. The summed E-state index contributed by atoms with van der Waals surface area (Å²) in [4.78, 5) is 22.6. The zero-order chi connectivity index (χ0) is 14.0. The molecule has 0 saturated carbocycles. The maximum Gasteiger partial charge on any atom is 0.332 e. The van der Waals surface area contributed by atoms with Crippen molar-refractivity contribution in [3.8, 4) is 5.75 Å². The highest BCUT2D eigenvalue weighted by molar-refractivity contribution is 6.32. The van der Waals surface area contributed by atoms with Gasteiger partial charge < -0.3 is 20.3 Å². The summed E-state index contributed by atoms with van der Waals surface area (Å²) >= 11 is 5.71. The standard InChI is InChI=1S/C12H12ClNO5/c13-7-5-6(1-2-8(7)15)14-11(16)9-3-4-10(19-9)12(17)18/h1-2,5,9-10,15H,3-4H2,(H,14,16)(H,17,18)/t9-,10+/m0/s1. The molecule has 1 aromatic rings. The smallest absolute Gasteiger partial charge is 0.332 e. The van der Waals surface area contributed by atoms with E-state index in [2.05, 4.69) is 5.32 Å². The first-order chi connectivity index (χ1) is 8.97. The second kappa shape index (κ2) is 5.46. The molecule has 0 radical (unpaired) electrons. The molecular weight excluding hydrogens is 274 g/mol. The Hall–Kier alpha value is -1.79. The number of hydrogen-bond donors (Lipinski definition) is 3. The molecule has 1 aliphatic heterocycles. The molecular formula is C12H12ClNO5.